The van der Waals surface area contributed by atoms with Gasteiger partial charge in [-0.25, -0.2) is 0 Å². The number of carbonyl (C=O) groups is 2. The van der Waals surface area contributed by atoms with Crippen LogP contribution < -0.4 is 10.2 Å². The molecule has 1 aliphatic rings. The summed E-state index contributed by atoms with van der Waals surface area (Å²) in [6.07, 6.45) is 1.12. The highest BCUT2D eigenvalue weighted by Gasteiger charge is 2.35. The number of amides is 2. The Bertz CT molecular complexity index is 837. The molecule has 0 radical (unpaired) electrons. The normalized spacial score (nSPS) is 16.6. The van der Waals surface area contributed by atoms with Gasteiger partial charge in [0.25, 0.3) is 0 Å². The number of nitriles is 1. The van der Waals surface area contributed by atoms with Crippen LogP contribution in [0.15, 0.2) is 48.5 Å². The third-order valence-electron chi connectivity index (χ3n) is 4.46. The highest BCUT2D eigenvalue weighted by Crippen LogP contribution is 2.27. The van der Waals surface area contributed by atoms with Gasteiger partial charge in [-0.3, -0.25) is 9.59 Å². The molecular formula is C20H19N3O2. The van der Waals surface area contributed by atoms with Crippen molar-refractivity contribution in [2.45, 2.75) is 19.8 Å². The third-order valence-corrected chi connectivity index (χ3v) is 4.46. The standard InChI is InChI=1S/C20H19N3O2/c1-2-14-7-9-17(10-8-14)23-13-16(11-19(23)24)20(25)22-18-6-4-3-5-15(18)12-21/h3-10,16H,2,11,13H2,1H3,(H,22,25). The summed E-state index contributed by atoms with van der Waals surface area (Å²) in [5.74, 6) is -0.716. The Morgan fingerprint density at radius 3 is 2.64 bits per heavy atom. The minimum absolute atomic E-state index is 0.0574. The van der Waals surface area contributed by atoms with Crippen LogP contribution in [0.3, 0.4) is 0 Å². The SMILES string of the molecule is CCc1ccc(N2CC(C(=O)Nc3ccccc3C#N)CC2=O)cc1. The molecule has 1 atom stereocenters. The maximum absolute atomic E-state index is 12.5. The van der Waals surface area contributed by atoms with Crippen molar-refractivity contribution in [1.82, 2.24) is 0 Å². The summed E-state index contributed by atoms with van der Waals surface area (Å²) in [4.78, 5) is 26.5. The fraction of sp³-hybridized carbons (Fsp3) is 0.250. The second-order valence-corrected chi connectivity index (χ2v) is 6.07. The molecule has 5 nitrogen and oxygen atoms in total. The predicted molar refractivity (Wildman–Crippen MR) is 96.1 cm³/mol. The summed E-state index contributed by atoms with van der Waals surface area (Å²) < 4.78 is 0. The number of anilines is 2. The Balaban J connectivity index is 1.71. The quantitative estimate of drug-likeness (QED) is 0.934. The van der Waals surface area contributed by atoms with Crippen molar-refractivity contribution in [3.05, 3.63) is 59.7 Å². The topological polar surface area (TPSA) is 73.2 Å². The van der Waals surface area contributed by atoms with Crippen molar-refractivity contribution in [1.29, 1.82) is 5.26 Å². The lowest BCUT2D eigenvalue weighted by Gasteiger charge is -2.17. The molecule has 1 unspecified atom stereocenters. The first-order valence-corrected chi connectivity index (χ1v) is 8.31. The van der Waals surface area contributed by atoms with Crippen LogP contribution in [0.2, 0.25) is 0 Å². The number of nitrogens with one attached hydrogen (secondary N) is 1. The summed E-state index contributed by atoms with van der Waals surface area (Å²) in [6, 6.07) is 16.7. The molecule has 3 rings (SSSR count). The van der Waals surface area contributed by atoms with Crippen molar-refractivity contribution in [3.8, 4) is 6.07 Å². The van der Waals surface area contributed by atoms with E-state index in [-0.39, 0.29) is 18.2 Å². The molecule has 1 aliphatic heterocycles. The van der Waals surface area contributed by atoms with Gasteiger partial charge in [0.2, 0.25) is 11.8 Å². The molecule has 0 aromatic heterocycles. The van der Waals surface area contributed by atoms with Gasteiger partial charge in [0, 0.05) is 18.7 Å². The van der Waals surface area contributed by atoms with Crippen molar-refractivity contribution < 1.29 is 9.59 Å². The van der Waals surface area contributed by atoms with Gasteiger partial charge in [0.05, 0.1) is 17.2 Å². The Kier molecular flexibility index (Phi) is 4.80. The molecule has 2 amide bonds. The lowest BCUT2D eigenvalue weighted by molar-refractivity contribution is -0.122. The predicted octanol–water partition coefficient (Wildman–Crippen LogP) is 3.11. The van der Waals surface area contributed by atoms with Gasteiger partial charge >= 0.3 is 0 Å². The molecule has 1 heterocycles. The molecule has 0 saturated carbocycles. The van der Waals surface area contributed by atoms with E-state index in [1.54, 1.807) is 29.2 Å². The number of benzene rings is 2. The van der Waals surface area contributed by atoms with Gasteiger partial charge in [-0.15, -0.1) is 0 Å². The fourth-order valence-corrected chi connectivity index (χ4v) is 2.97. The minimum atomic E-state index is -0.426. The monoisotopic (exact) mass is 333 g/mol. The van der Waals surface area contributed by atoms with Gasteiger partial charge < -0.3 is 10.2 Å². The highest BCUT2D eigenvalue weighted by atomic mass is 16.2. The Morgan fingerprint density at radius 2 is 1.96 bits per heavy atom. The summed E-state index contributed by atoms with van der Waals surface area (Å²) in [6.45, 7) is 2.43. The maximum atomic E-state index is 12.5. The van der Waals surface area contributed by atoms with E-state index in [0.29, 0.717) is 17.8 Å². The third kappa shape index (κ3) is 3.53. The van der Waals surface area contributed by atoms with E-state index in [9.17, 15) is 9.59 Å². The molecule has 0 aliphatic carbocycles. The zero-order valence-corrected chi connectivity index (χ0v) is 14.0. The van der Waals surface area contributed by atoms with Crippen LogP contribution in [0, 0.1) is 17.2 Å². The van der Waals surface area contributed by atoms with Crippen LogP contribution in [0.25, 0.3) is 0 Å². The number of hydrogen-bond acceptors (Lipinski definition) is 3. The molecule has 0 bridgehead atoms. The van der Waals surface area contributed by atoms with Gasteiger partial charge in [-0.2, -0.15) is 5.26 Å². The van der Waals surface area contributed by atoms with Crippen LogP contribution in [-0.2, 0) is 16.0 Å². The lowest BCUT2D eigenvalue weighted by Crippen LogP contribution is -2.28. The molecule has 1 fully saturated rings. The van der Waals surface area contributed by atoms with E-state index in [0.717, 1.165) is 12.1 Å². The summed E-state index contributed by atoms with van der Waals surface area (Å²) in [5, 5.41) is 11.9. The highest BCUT2D eigenvalue weighted by molar-refractivity contribution is 6.03. The second-order valence-electron chi connectivity index (χ2n) is 6.07. The van der Waals surface area contributed by atoms with Crippen molar-refractivity contribution in [2.75, 3.05) is 16.8 Å². The lowest BCUT2D eigenvalue weighted by atomic mass is 10.1. The van der Waals surface area contributed by atoms with Crippen molar-refractivity contribution in [3.63, 3.8) is 0 Å². The molecule has 2 aromatic carbocycles. The average Bonchev–Trinajstić information content (AvgIpc) is 3.04. The molecule has 2 aromatic rings. The first-order chi connectivity index (χ1) is 12.1. The second kappa shape index (κ2) is 7.18. The number of nitrogens with zero attached hydrogens (tertiary/aromatic N) is 2. The van der Waals surface area contributed by atoms with Gasteiger partial charge in [0.1, 0.15) is 6.07 Å². The van der Waals surface area contributed by atoms with E-state index in [4.69, 9.17) is 5.26 Å². The zero-order chi connectivity index (χ0) is 17.8. The van der Waals surface area contributed by atoms with E-state index in [1.807, 2.05) is 24.3 Å². The number of hydrogen-bond donors (Lipinski definition) is 1. The summed E-state index contributed by atoms with van der Waals surface area (Å²) >= 11 is 0. The van der Waals surface area contributed by atoms with Gasteiger partial charge in [0.15, 0.2) is 0 Å². The van der Waals surface area contributed by atoms with Crippen molar-refractivity contribution in [2.24, 2.45) is 5.92 Å². The van der Waals surface area contributed by atoms with E-state index in [1.165, 1.54) is 5.56 Å². The van der Waals surface area contributed by atoms with Crippen LogP contribution in [0.1, 0.15) is 24.5 Å². The summed E-state index contributed by atoms with van der Waals surface area (Å²) in [5.41, 5.74) is 2.91. The number of aryl methyl sites for hydroxylation is 1. The first kappa shape index (κ1) is 16.7. The van der Waals surface area contributed by atoms with Crippen LogP contribution >= 0.6 is 0 Å². The molecule has 1 saturated heterocycles. The largest absolute Gasteiger partial charge is 0.325 e. The van der Waals surface area contributed by atoms with E-state index in [2.05, 4.69) is 18.3 Å². The Morgan fingerprint density at radius 1 is 1.24 bits per heavy atom. The van der Waals surface area contributed by atoms with Crippen LogP contribution in [0.4, 0.5) is 11.4 Å². The molecule has 25 heavy (non-hydrogen) atoms. The Hall–Kier alpha value is -3.13. The average molecular weight is 333 g/mol. The number of rotatable bonds is 4. The maximum Gasteiger partial charge on any atom is 0.229 e. The number of carbonyl (C=O) groups excluding carboxylic acids is 2. The van der Waals surface area contributed by atoms with Crippen LogP contribution in [-0.4, -0.2) is 18.4 Å². The van der Waals surface area contributed by atoms with E-state index >= 15 is 0 Å². The fourth-order valence-electron chi connectivity index (χ4n) is 2.97. The first-order valence-electron chi connectivity index (χ1n) is 8.31. The van der Waals surface area contributed by atoms with Crippen LogP contribution in [0.5, 0.6) is 0 Å². The van der Waals surface area contributed by atoms with E-state index < -0.39 is 5.92 Å². The van der Waals surface area contributed by atoms with Gasteiger partial charge in [-0.1, -0.05) is 31.2 Å². The number of para-hydroxylation sites is 1. The minimum Gasteiger partial charge on any atom is -0.325 e. The summed E-state index contributed by atoms with van der Waals surface area (Å²) in [7, 11) is 0. The smallest absolute Gasteiger partial charge is 0.229 e. The molecule has 126 valence electrons. The molecule has 0 spiro atoms. The molecular weight excluding hydrogens is 314 g/mol. The van der Waals surface area contributed by atoms with Crippen molar-refractivity contribution >= 4 is 23.2 Å². The molecule has 5 heteroatoms. The molecule has 1 N–H and O–H groups in total. The zero-order valence-electron chi connectivity index (χ0n) is 14.0. The van der Waals surface area contributed by atoms with Gasteiger partial charge in [-0.05, 0) is 36.2 Å². The Labute approximate surface area is 146 Å².